The van der Waals surface area contributed by atoms with Crippen LogP contribution in [0.15, 0.2) is 42.5 Å². The third kappa shape index (κ3) is 3.19. The minimum atomic E-state index is -3.26. The number of hydrogen-bond donors (Lipinski definition) is 1. The van der Waals surface area contributed by atoms with E-state index in [1.54, 1.807) is 18.2 Å². The summed E-state index contributed by atoms with van der Waals surface area (Å²) in [4.78, 5) is 11.7. The van der Waals surface area contributed by atoms with E-state index in [4.69, 9.17) is 5.73 Å². The van der Waals surface area contributed by atoms with Crippen LogP contribution in [-0.2, 0) is 4.79 Å². The van der Waals surface area contributed by atoms with Gasteiger partial charge in [0.1, 0.15) is 5.75 Å². The Kier molecular flexibility index (Phi) is 4.65. The van der Waals surface area contributed by atoms with Gasteiger partial charge in [0.2, 0.25) is 5.91 Å². The van der Waals surface area contributed by atoms with Crippen LogP contribution < -0.4 is 10.5 Å². The van der Waals surface area contributed by atoms with Crippen molar-refractivity contribution in [3.8, 4) is 5.75 Å². The summed E-state index contributed by atoms with van der Waals surface area (Å²) >= 11 is 0. The summed E-state index contributed by atoms with van der Waals surface area (Å²) in [6.45, 7) is -3.26. The van der Waals surface area contributed by atoms with Gasteiger partial charge in [0.15, 0.2) is 11.6 Å². The van der Waals surface area contributed by atoms with Gasteiger partial charge in [0, 0.05) is 0 Å². The van der Waals surface area contributed by atoms with Crippen molar-refractivity contribution in [2.24, 2.45) is 5.73 Å². The zero-order valence-electron chi connectivity index (χ0n) is 11.1. The van der Waals surface area contributed by atoms with E-state index in [2.05, 4.69) is 4.74 Å². The van der Waals surface area contributed by atoms with Crippen molar-refractivity contribution in [2.45, 2.75) is 12.5 Å². The standard InChI is InChI=1S/C15H11F4NO2/c16-9-6-7-10(22-15(18)19)12(13(9)17)11(14(20)21)8-4-2-1-3-5-8/h1-7,11,15H,(H2,20,21). The molecule has 1 unspecified atom stereocenters. The lowest BCUT2D eigenvalue weighted by molar-refractivity contribution is -0.118. The van der Waals surface area contributed by atoms with E-state index in [-0.39, 0.29) is 5.56 Å². The first-order valence-electron chi connectivity index (χ1n) is 6.18. The molecule has 22 heavy (non-hydrogen) atoms. The molecule has 2 rings (SSSR count). The minimum Gasteiger partial charge on any atom is -0.434 e. The van der Waals surface area contributed by atoms with E-state index < -0.39 is 41.4 Å². The van der Waals surface area contributed by atoms with Crippen molar-refractivity contribution in [1.29, 1.82) is 0 Å². The average Bonchev–Trinajstić information content (AvgIpc) is 2.47. The summed E-state index contributed by atoms with van der Waals surface area (Å²) in [5.41, 5.74) is 4.83. The number of hydrogen-bond acceptors (Lipinski definition) is 2. The maximum Gasteiger partial charge on any atom is 0.387 e. The molecule has 2 aromatic rings. The molecule has 1 amide bonds. The van der Waals surface area contributed by atoms with Crippen LogP contribution in [-0.4, -0.2) is 12.5 Å². The van der Waals surface area contributed by atoms with Crippen molar-refractivity contribution in [3.05, 3.63) is 65.2 Å². The van der Waals surface area contributed by atoms with Gasteiger partial charge in [-0.25, -0.2) is 8.78 Å². The van der Waals surface area contributed by atoms with Gasteiger partial charge < -0.3 is 10.5 Å². The second-order valence-corrected chi connectivity index (χ2v) is 4.40. The van der Waals surface area contributed by atoms with Crippen molar-refractivity contribution < 1.29 is 27.1 Å². The highest BCUT2D eigenvalue weighted by Crippen LogP contribution is 2.35. The van der Waals surface area contributed by atoms with Crippen LogP contribution >= 0.6 is 0 Å². The maximum atomic E-state index is 14.1. The van der Waals surface area contributed by atoms with Crippen LogP contribution in [0.5, 0.6) is 5.75 Å². The number of primary amides is 1. The van der Waals surface area contributed by atoms with Gasteiger partial charge in [-0.05, 0) is 17.7 Å². The highest BCUT2D eigenvalue weighted by Gasteiger charge is 2.30. The smallest absolute Gasteiger partial charge is 0.387 e. The lowest BCUT2D eigenvalue weighted by atomic mass is 9.89. The topological polar surface area (TPSA) is 52.3 Å². The number of ether oxygens (including phenoxy) is 1. The lowest BCUT2D eigenvalue weighted by Gasteiger charge is -2.19. The quantitative estimate of drug-likeness (QED) is 0.862. The second-order valence-electron chi connectivity index (χ2n) is 4.40. The Morgan fingerprint density at radius 1 is 1.05 bits per heavy atom. The number of carbonyl (C=O) groups is 1. The molecule has 0 saturated carbocycles. The molecule has 1 atom stereocenters. The van der Waals surface area contributed by atoms with E-state index in [1.807, 2.05) is 0 Å². The normalized spacial score (nSPS) is 12.2. The third-order valence-corrected chi connectivity index (χ3v) is 3.01. The molecule has 0 fully saturated rings. The van der Waals surface area contributed by atoms with E-state index in [1.165, 1.54) is 12.1 Å². The van der Waals surface area contributed by atoms with Gasteiger partial charge in [-0.1, -0.05) is 30.3 Å². The molecule has 0 aromatic heterocycles. The Balaban J connectivity index is 2.65. The predicted octanol–water partition coefficient (Wildman–Crippen LogP) is 3.18. The van der Waals surface area contributed by atoms with Crippen molar-refractivity contribution in [1.82, 2.24) is 0 Å². The fourth-order valence-corrected chi connectivity index (χ4v) is 2.14. The molecule has 0 spiro atoms. The Morgan fingerprint density at radius 3 is 2.23 bits per heavy atom. The van der Waals surface area contributed by atoms with Crippen LogP contribution in [0.25, 0.3) is 0 Å². The van der Waals surface area contributed by atoms with E-state index in [0.717, 1.165) is 6.07 Å². The Labute approximate surface area is 123 Å². The zero-order valence-corrected chi connectivity index (χ0v) is 11.1. The van der Waals surface area contributed by atoms with E-state index >= 15 is 0 Å². The summed E-state index contributed by atoms with van der Waals surface area (Å²) in [6, 6.07) is 9.11. The molecule has 0 saturated heterocycles. The molecule has 0 radical (unpaired) electrons. The molecule has 0 aliphatic rings. The van der Waals surface area contributed by atoms with Gasteiger partial charge in [0.25, 0.3) is 0 Å². The Hall–Kier alpha value is -2.57. The predicted molar refractivity (Wildman–Crippen MR) is 70.5 cm³/mol. The molecular formula is C15H11F4NO2. The zero-order chi connectivity index (χ0) is 16.3. The molecule has 116 valence electrons. The van der Waals surface area contributed by atoms with Gasteiger partial charge in [-0.15, -0.1) is 0 Å². The Morgan fingerprint density at radius 2 is 1.68 bits per heavy atom. The second kappa shape index (κ2) is 6.46. The molecule has 3 nitrogen and oxygen atoms in total. The van der Waals surface area contributed by atoms with Gasteiger partial charge in [0.05, 0.1) is 11.5 Å². The molecular weight excluding hydrogens is 302 g/mol. The summed E-state index contributed by atoms with van der Waals surface area (Å²) in [5, 5.41) is 0. The lowest BCUT2D eigenvalue weighted by Crippen LogP contribution is -2.24. The first kappa shape index (κ1) is 15.8. The number of halogens is 4. The van der Waals surface area contributed by atoms with Crippen LogP contribution in [0.2, 0.25) is 0 Å². The summed E-state index contributed by atoms with van der Waals surface area (Å²) in [5.74, 6) is -5.85. The fourth-order valence-electron chi connectivity index (χ4n) is 2.14. The van der Waals surface area contributed by atoms with Crippen LogP contribution in [0.4, 0.5) is 17.6 Å². The Bertz CT molecular complexity index is 677. The summed E-state index contributed by atoms with van der Waals surface area (Å²) in [7, 11) is 0. The molecule has 0 aliphatic heterocycles. The van der Waals surface area contributed by atoms with Gasteiger partial charge in [-0.2, -0.15) is 8.78 Å². The van der Waals surface area contributed by atoms with Crippen molar-refractivity contribution >= 4 is 5.91 Å². The minimum absolute atomic E-state index is 0.235. The molecule has 0 heterocycles. The highest BCUT2D eigenvalue weighted by atomic mass is 19.3. The monoisotopic (exact) mass is 313 g/mol. The van der Waals surface area contributed by atoms with Crippen LogP contribution in [0.1, 0.15) is 17.0 Å². The summed E-state index contributed by atoms with van der Waals surface area (Å²) < 4.78 is 56.6. The largest absolute Gasteiger partial charge is 0.434 e. The average molecular weight is 313 g/mol. The number of alkyl halides is 2. The number of nitrogens with two attached hydrogens (primary N) is 1. The van der Waals surface area contributed by atoms with Crippen molar-refractivity contribution in [3.63, 3.8) is 0 Å². The summed E-state index contributed by atoms with van der Waals surface area (Å²) in [6.07, 6.45) is 0. The number of amides is 1. The molecule has 2 aromatic carbocycles. The number of carbonyl (C=O) groups excluding carboxylic acids is 1. The maximum absolute atomic E-state index is 14.1. The van der Waals surface area contributed by atoms with Gasteiger partial charge in [-0.3, -0.25) is 4.79 Å². The fraction of sp³-hybridized carbons (Fsp3) is 0.133. The van der Waals surface area contributed by atoms with Gasteiger partial charge >= 0.3 is 6.61 Å². The highest BCUT2D eigenvalue weighted by molar-refractivity contribution is 5.86. The van der Waals surface area contributed by atoms with E-state index in [0.29, 0.717) is 6.07 Å². The third-order valence-electron chi connectivity index (χ3n) is 3.01. The van der Waals surface area contributed by atoms with E-state index in [9.17, 15) is 22.4 Å². The first-order chi connectivity index (χ1) is 10.4. The SMILES string of the molecule is NC(=O)C(c1ccccc1)c1c(OC(F)F)ccc(F)c1F. The molecule has 0 bridgehead atoms. The number of rotatable bonds is 5. The molecule has 2 N–H and O–H groups in total. The first-order valence-corrected chi connectivity index (χ1v) is 6.18. The number of benzene rings is 2. The van der Waals surface area contributed by atoms with Crippen LogP contribution in [0.3, 0.4) is 0 Å². The van der Waals surface area contributed by atoms with Crippen LogP contribution in [0, 0.1) is 11.6 Å². The molecule has 7 heteroatoms. The van der Waals surface area contributed by atoms with Crippen molar-refractivity contribution in [2.75, 3.05) is 0 Å². The molecule has 0 aliphatic carbocycles.